The Morgan fingerprint density at radius 2 is 1.86 bits per heavy atom. The Balaban J connectivity index is 2.26. The molecule has 1 N–H and O–H groups in total. The zero-order chi connectivity index (χ0) is 10.4. The summed E-state index contributed by atoms with van der Waals surface area (Å²) < 4.78 is 0. The summed E-state index contributed by atoms with van der Waals surface area (Å²) in [5, 5.41) is 8.62. The first-order chi connectivity index (χ1) is 6.70. The lowest BCUT2D eigenvalue weighted by atomic mass is 9.84. The van der Waals surface area contributed by atoms with E-state index >= 15 is 0 Å². The molecular formula is C12H22O2. The predicted octanol–water partition coefficient (Wildman–Crippen LogP) is 3.46. The molecule has 82 valence electrons. The molecule has 0 spiro atoms. The first-order valence-electron chi connectivity index (χ1n) is 5.92. The summed E-state index contributed by atoms with van der Waals surface area (Å²) in [7, 11) is 0. The van der Waals surface area contributed by atoms with Crippen LogP contribution in [0.2, 0.25) is 0 Å². The number of carbonyl (C=O) groups is 1. The van der Waals surface area contributed by atoms with Gasteiger partial charge in [-0.15, -0.1) is 0 Å². The van der Waals surface area contributed by atoms with E-state index in [0.717, 1.165) is 12.3 Å². The SMILES string of the molecule is CC(CCC(=O)O)C1CCCCCC1. The summed E-state index contributed by atoms with van der Waals surface area (Å²) in [5.41, 5.74) is 0. The van der Waals surface area contributed by atoms with Crippen LogP contribution in [0.1, 0.15) is 58.3 Å². The molecule has 0 bridgehead atoms. The van der Waals surface area contributed by atoms with Gasteiger partial charge >= 0.3 is 5.97 Å². The Morgan fingerprint density at radius 3 is 2.36 bits per heavy atom. The van der Waals surface area contributed by atoms with Crippen LogP contribution in [0.5, 0.6) is 0 Å². The molecule has 2 heteroatoms. The van der Waals surface area contributed by atoms with Crippen molar-refractivity contribution in [3.8, 4) is 0 Å². The smallest absolute Gasteiger partial charge is 0.303 e. The monoisotopic (exact) mass is 198 g/mol. The highest BCUT2D eigenvalue weighted by atomic mass is 16.4. The summed E-state index contributed by atoms with van der Waals surface area (Å²) in [6.45, 7) is 2.22. The zero-order valence-electron chi connectivity index (χ0n) is 9.17. The first kappa shape index (κ1) is 11.5. The second kappa shape index (κ2) is 6.05. The average molecular weight is 198 g/mol. The average Bonchev–Trinajstić information content (AvgIpc) is 2.42. The zero-order valence-corrected chi connectivity index (χ0v) is 9.17. The van der Waals surface area contributed by atoms with Gasteiger partial charge in [0, 0.05) is 6.42 Å². The third-order valence-electron chi connectivity index (χ3n) is 3.52. The fraction of sp³-hybridized carbons (Fsp3) is 0.917. The van der Waals surface area contributed by atoms with Crippen molar-refractivity contribution in [2.75, 3.05) is 0 Å². The van der Waals surface area contributed by atoms with Gasteiger partial charge in [-0.25, -0.2) is 0 Å². The van der Waals surface area contributed by atoms with Gasteiger partial charge in [0.2, 0.25) is 0 Å². The Hall–Kier alpha value is -0.530. The third-order valence-corrected chi connectivity index (χ3v) is 3.52. The van der Waals surface area contributed by atoms with E-state index in [1.54, 1.807) is 0 Å². The number of carboxylic acids is 1. The molecule has 1 aliphatic rings. The van der Waals surface area contributed by atoms with Gasteiger partial charge in [0.1, 0.15) is 0 Å². The van der Waals surface area contributed by atoms with E-state index in [0.29, 0.717) is 12.3 Å². The Kier molecular flexibility index (Phi) is 4.99. The van der Waals surface area contributed by atoms with Crippen molar-refractivity contribution in [1.82, 2.24) is 0 Å². The van der Waals surface area contributed by atoms with Crippen LogP contribution in [-0.4, -0.2) is 11.1 Å². The van der Waals surface area contributed by atoms with Crippen molar-refractivity contribution in [3.63, 3.8) is 0 Å². The number of hydrogen-bond donors (Lipinski definition) is 1. The molecule has 14 heavy (non-hydrogen) atoms. The van der Waals surface area contributed by atoms with Gasteiger partial charge in [-0.1, -0.05) is 45.4 Å². The van der Waals surface area contributed by atoms with Crippen molar-refractivity contribution in [2.45, 2.75) is 58.3 Å². The minimum atomic E-state index is -0.648. The Morgan fingerprint density at radius 1 is 1.29 bits per heavy atom. The van der Waals surface area contributed by atoms with Gasteiger partial charge in [0.15, 0.2) is 0 Å². The lowest BCUT2D eigenvalue weighted by Gasteiger charge is -2.21. The largest absolute Gasteiger partial charge is 0.481 e. The summed E-state index contributed by atoms with van der Waals surface area (Å²) in [6.07, 6.45) is 9.30. The van der Waals surface area contributed by atoms with Crippen LogP contribution in [0.25, 0.3) is 0 Å². The third kappa shape index (κ3) is 4.12. The molecule has 0 radical (unpaired) electrons. The van der Waals surface area contributed by atoms with Crippen LogP contribution < -0.4 is 0 Å². The second-order valence-corrected chi connectivity index (χ2v) is 4.66. The van der Waals surface area contributed by atoms with Gasteiger partial charge in [-0.3, -0.25) is 4.79 Å². The lowest BCUT2D eigenvalue weighted by Crippen LogP contribution is -2.12. The summed E-state index contributed by atoms with van der Waals surface area (Å²) >= 11 is 0. The maximum absolute atomic E-state index is 10.5. The fourth-order valence-corrected chi connectivity index (χ4v) is 2.47. The van der Waals surface area contributed by atoms with Crippen LogP contribution in [0.3, 0.4) is 0 Å². The van der Waals surface area contributed by atoms with Gasteiger partial charge in [-0.2, -0.15) is 0 Å². The normalized spacial score (nSPS) is 21.5. The summed E-state index contributed by atoms with van der Waals surface area (Å²) in [4.78, 5) is 10.5. The van der Waals surface area contributed by atoms with Crippen molar-refractivity contribution < 1.29 is 9.90 Å². The van der Waals surface area contributed by atoms with Crippen molar-refractivity contribution in [3.05, 3.63) is 0 Å². The van der Waals surface area contributed by atoms with Crippen LogP contribution in [0, 0.1) is 11.8 Å². The number of rotatable bonds is 4. The van der Waals surface area contributed by atoms with Crippen LogP contribution in [-0.2, 0) is 4.79 Å². The number of hydrogen-bond acceptors (Lipinski definition) is 1. The van der Waals surface area contributed by atoms with Gasteiger partial charge < -0.3 is 5.11 Å². The molecule has 0 aliphatic heterocycles. The molecule has 0 saturated heterocycles. The van der Waals surface area contributed by atoms with E-state index in [1.807, 2.05) is 0 Å². The number of carboxylic acid groups (broad SMARTS) is 1. The Bertz CT molecular complexity index is 169. The summed E-state index contributed by atoms with van der Waals surface area (Å²) in [6, 6.07) is 0. The van der Waals surface area contributed by atoms with E-state index in [1.165, 1.54) is 38.5 Å². The highest BCUT2D eigenvalue weighted by Crippen LogP contribution is 2.30. The minimum absolute atomic E-state index is 0.345. The standard InChI is InChI=1S/C12H22O2/c1-10(8-9-12(13)14)11-6-4-2-3-5-7-11/h10-11H,2-9H2,1H3,(H,13,14). The number of aliphatic carboxylic acids is 1. The molecule has 1 atom stereocenters. The maximum atomic E-state index is 10.5. The molecule has 0 aromatic heterocycles. The molecule has 0 aromatic carbocycles. The van der Waals surface area contributed by atoms with E-state index in [-0.39, 0.29) is 0 Å². The topological polar surface area (TPSA) is 37.3 Å². The maximum Gasteiger partial charge on any atom is 0.303 e. The quantitative estimate of drug-likeness (QED) is 0.702. The molecule has 1 unspecified atom stereocenters. The highest BCUT2D eigenvalue weighted by molar-refractivity contribution is 5.66. The van der Waals surface area contributed by atoms with Crippen molar-refractivity contribution in [2.24, 2.45) is 11.8 Å². The first-order valence-corrected chi connectivity index (χ1v) is 5.92. The predicted molar refractivity (Wildman–Crippen MR) is 57.2 cm³/mol. The van der Waals surface area contributed by atoms with Crippen LogP contribution in [0.4, 0.5) is 0 Å². The minimum Gasteiger partial charge on any atom is -0.481 e. The van der Waals surface area contributed by atoms with E-state index in [2.05, 4.69) is 6.92 Å². The molecule has 0 heterocycles. The van der Waals surface area contributed by atoms with Gasteiger partial charge in [-0.05, 0) is 18.3 Å². The molecule has 2 nitrogen and oxygen atoms in total. The van der Waals surface area contributed by atoms with E-state index in [4.69, 9.17) is 5.11 Å². The van der Waals surface area contributed by atoms with Gasteiger partial charge in [0.05, 0.1) is 0 Å². The molecule has 1 saturated carbocycles. The molecule has 1 aliphatic carbocycles. The van der Waals surface area contributed by atoms with Crippen LogP contribution >= 0.6 is 0 Å². The van der Waals surface area contributed by atoms with Crippen molar-refractivity contribution >= 4 is 5.97 Å². The van der Waals surface area contributed by atoms with E-state index < -0.39 is 5.97 Å². The molecule has 1 fully saturated rings. The highest BCUT2D eigenvalue weighted by Gasteiger charge is 2.19. The second-order valence-electron chi connectivity index (χ2n) is 4.66. The van der Waals surface area contributed by atoms with Gasteiger partial charge in [0.25, 0.3) is 0 Å². The lowest BCUT2D eigenvalue weighted by molar-refractivity contribution is -0.137. The Labute approximate surface area is 86.7 Å². The molecule has 1 rings (SSSR count). The van der Waals surface area contributed by atoms with E-state index in [9.17, 15) is 4.79 Å². The van der Waals surface area contributed by atoms with Crippen LogP contribution in [0.15, 0.2) is 0 Å². The van der Waals surface area contributed by atoms with Crippen molar-refractivity contribution in [1.29, 1.82) is 0 Å². The molecule has 0 amide bonds. The summed E-state index contributed by atoms with van der Waals surface area (Å²) in [5.74, 6) is 0.742. The fourth-order valence-electron chi connectivity index (χ4n) is 2.47. The molecule has 0 aromatic rings. The molecular weight excluding hydrogens is 176 g/mol.